The Morgan fingerprint density at radius 3 is 0.898 bits per heavy atom. The second kappa shape index (κ2) is 31.1. The fourth-order valence-electron chi connectivity index (χ4n) is 10.3. The van der Waals surface area contributed by atoms with Gasteiger partial charge >= 0.3 is 0 Å². The Hall–Kier alpha value is -3.92. The molecule has 8 bridgehead atoms. The van der Waals surface area contributed by atoms with Gasteiger partial charge in [-0.15, -0.1) is 0 Å². The number of fused-ring (bicyclic) bond motifs is 3. The first kappa shape index (κ1) is 73.1. The van der Waals surface area contributed by atoms with E-state index in [-0.39, 0.29) is 0 Å². The van der Waals surface area contributed by atoms with Crippen molar-refractivity contribution in [3.8, 4) is 0 Å². The van der Waals surface area contributed by atoms with E-state index in [4.69, 9.17) is 56.8 Å². The monoisotopic (exact) mass is 1290 g/mol. The predicted octanol–water partition coefficient (Wildman–Crippen LogP) is -11.3. The van der Waals surface area contributed by atoms with Gasteiger partial charge in [-0.3, -0.25) is 0 Å². The van der Waals surface area contributed by atoms with E-state index in [0.717, 1.165) is 0 Å². The number of hydrogen-bond donors (Lipinski definition) is 28. The summed E-state index contributed by atoms with van der Waals surface area (Å²) in [4.78, 5) is 0. The van der Waals surface area contributed by atoms with Crippen LogP contribution in [0.5, 0.6) is 0 Å². The summed E-state index contributed by atoms with van der Waals surface area (Å²) in [6.07, 6.45) is -62.0. The number of aliphatic hydroxyl groups is 28. The molecule has 0 aromatic carbocycles. The van der Waals surface area contributed by atoms with Gasteiger partial charge in [0.15, 0.2) is 82.4 Å². The highest BCUT2D eigenvalue weighted by Crippen LogP contribution is 2.60. The zero-order valence-corrected chi connectivity index (χ0v) is 45.9. The van der Waals surface area contributed by atoms with Gasteiger partial charge in [0.25, 0.3) is 0 Å². The lowest BCUT2D eigenvalue weighted by Crippen LogP contribution is -2.96. The molecule has 0 radical (unpaired) electrons. The van der Waals surface area contributed by atoms with Crippen molar-refractivity contribution in [3.05, 3.63) is 46.1 Å². The maximum absolute atomic E-state index is 11.7. The van der Waals surface area contributed by atoms with Crippen molar-refractivity contribution in [3.63, 3.8) is 0 Å². The van der Waals surface area contributed by atoms with Crippen LogP contribution >= 0.6 is 0 Å². The van der Waals surface area contributed by atoms with Gasteiger partial charge in [-0.25, -0.2) is 0 Å². The van der Waals surface area contributed by atoms with Crippen molar-refractivity contribution in [2.75, 3.05) is 52.9 Å². The highest BCUT2D eigenvalue weighted by molar-refractivity contribution is 5.32. The highest BCUT2D eigenvalue weighted by atomic mass is 16.8. The first-order valence-electron chi connectivity index (χ1n) is 27.0. The third-order valence-electron chi connectivity index (χ3n) is 15.3. The predicted molar refractivity (Wildman–Crippen MR) is 268 cm³/mol. The Bertz CT molecular complexity index is 2360. The zero-order chi connectivity index (χ0) is 65.6. The van der Waals surface area contributed by atoms with Crippen LogP contribution in [0, 0.1) is 0 Å². The van der Waals surface area contributed by atoms with E-state index in [9.17, 15) is 143 Å². The van der Waals surface area contributed by atoms with E-state index in [0.29, 0.717) is 0 Å². The van der Waals surface area contributed by atoms with Crippen molar-refractivity contribution in [2.45, 2.75) is 197 Å². The zero-order valence-electron chi connectivity index (χ0n) is 45.9. The van der Waals surface area contributed by atoms with Gasteiger partial charge in [0, 0.05) is 52.1 Å². The second-order valence-corrected chi connectivity index (χ2v) is 20.8. The molecule has 28 atom stereocenters. The van der Waals surface area contributed by atoms with Crippen molar-refractivity contribution in [2.24, 2.45) is 0 Å². The van der Waals surface area contributed by atoms with E-state index in [2.05, 4.69) is 0 Å². The maximum Gasteiger partial charge on any atom is 0.218 e. The molecule has 9 rings (SSSR count). The van der Waals surface area contributed by atoms with Crippen LogP contribution in [0.25, 0.3) is 0 Å². The fraction of sp³-hybridized carbons (Fsp3) is 0.833. The molecule has 510 valence electrons. The summed E-state index contributed by atoms with van der Waals surface area (Å²) < 4.78 is 64.9. The summed E-state index contributed by atoms with van der Waals surface area (Å²) in [6.45, 7) is -8.61. The molecule has 0 spiro atoms. The number of ether oxygens (including phenoxy) is 12. The topological polar surface area (TPSA) is 677 Å². The summed E-state index contributed by atoms with van der Waals surface area (Å²) >= 11 is 0. The maximum atomic E-state index is 11.7. The van der Waals surface area contributed by atoms with E-state index in [1.54, 1.807) is 0 Å². The molecule has 28 N–H and O–H groups in total. The van der Waals surface area contributed by atoms with Crippen molar-refractivity contribution in [1.82, 2.24) is 0 Å². The van der Waals surface area contributed by atoms with E-state index in [1.807, 2.05) is 0 Å². The average Bonchev–Trinajstić information content (AvgIpc) is 0.655. The Labute approximate surface area is 495 Å². The Balaban J connectivity index is 1.34. The molecule has 40 nitrogen and oxygen atoms in total. The van der Waals surface area contributed by atoms with Gasteiger partial charge in [-0.2, -0.15) is 0 Å². The molecule has 28 unspecified atom stereocenters. The Kier molecular flexibility index (Phi) is 25.9. The standard InChI is InChI=1S/C48H78O40/c49-5-1-13-20(57)28(65)40(73)84-34-17(9-53)82-44(32(69)24(34)61)80-16(4-8-52)23(60)30(67)42(75)87-38-37(71)48(76)46(88-47(38,48)12-56)86-36-19(11-55)83-45(33(70)26(36)63)79-15(3-7-51)22(59)29(66)41(74)85-35-18(10-54)81-43(31(68)25(35)62)78-14(2-6-50)21(58)27(64)39(72)77-13/h13-19,24-26,31-46,49-76H,1-12H2. The van der Waals surface area contributed by atoms with Gasteiger partial charge in [0.05, 0.1) is 26.4 Å². The second-order valence-electron chi connectivity index (χ2n) is 20.8. The van der Waals surface area contributed by atoms with Gasteiger partial charge in [0.1, 0.15) is 110 Å². The van der Waals surface area contributed by atoms with Crippen LogP contribution in [0.4, 0.5) is 0 Å². The molecule has 0 aromatic heterocycles. The minimum Gasteiger partial charge on any atom is -0.506 e. The van der Waals surface area contributed by atoms with Crippen molar-refractivity contribution < 1.29 is 200 Å². The molecule has 0 amide bonds. The minimum atomic E-state index is -2.83. The van der Waals surface area contributed by atoms with E-state index >= 15 is 0 Å². The van der Waals surface area contributed by atoms with Gasteiger partial charge in [-0.1, -0.05) is 0 Å². The molecule has 0 aromatic rings. The van der Waals surface area contributed by atoms with Crippen LogP contribution in [0.15, 0.2) is 46.1 Å². The molecule has 88 heavy (non-hydrogen) atoms. The SMILES string of the molecule is OCCC1OC(O)C(O)=C(O)C(CCO)OC2OC(CO)C(OC(O)C(O)=C(O)C(CCO)OC3OC(CO)C(OC4OC5(CO)C(OC(O)C(O)=C(O)C(CCO)OC6OC(CO)C(OC(O)C(O)=C1O)C(O)C6O)C(O)C45O)C(O)C3O)C(O)C2O. The highest BCUT2D eigenvalue weighted by Gasteiger charge is 2.86. The van der Waals surface area contributed by atoms with Crippen LogP contribution < -0.4 is 0 Å². The summed E-state index contributed by atoms with van der Waals surface area (Å²) in [5.41, 5.74) is -5.30. The summed E-state index contributed by atoms with van der Waals surface area (Å²) in [7, 11) is 0. The Morgan fingerprint density at radius 2 is 0.602 bits per heavy atom. The molecule has 1 aliphatic carbocycles. The summed E-state index contributed by atoms with van der Waals surface area (Å²) in [5, 5.41) is 302. The molecule has 40 heteroatoms. The normalized spacial score (nSPS) is 45.3. The van der Waals surface area contributed by atoms with Gasteiger partial charge in [0.2, 0.25) is 25.2 Å². The molecule has 5 fully saturated rings. The molecular formula is C48H78O40. The lowest BCUT2D eigenvalue weighted by atomic mass is 9.55. The van der Waals surface area contributed by atoms with Crippen molar-refractivity contribution in [1.29, 1.82) is 0 Å². The van der Waals surface area contributed by atoms with E-state index in [1.165, 1.54) is 0 Å². The summed E-state index contributed by atoms with van der Waals surface area (Å²) in [5.74, 6) is -12.3. The fourth-order valence-corrected chi connectivity index (χ4v) is 10.3. The van der Waals surface area contributed by atoms with Crippen LogP contribution in [-0.4, -0.2) is 367 Å². The number of aliphatic hydroxyl groups excluding tert-OH is 27. The summed E-state index contributed by atoms with van der Waals surface area (Å²) in [6, 6.07) is 0. The van der Waals surface area contributed by atoms with Crippen LogP contribution in [0.3, 0.4) is 0 Å². The third kappa shape index (κ3) is 14.5. The largest absolute Gasteiger partial charge is 0.506 e. The molecule has 9 aliphatic rings. The first-order valence-corrected chi connectivity index (χ1v) is 27.0. The molecule has 8 heterocycles. The quantitative estimate of drug-likeness (QED) is 0.0863. The van der Waals surface area contributed by atoms with Gasteiger partial charge in [-0.05, 0) is 0 Å². The molecular weight excluding hydrogens is 1220 g/mol. The lowest BCUT2D eigenvalue weighted by molar-refractivity contribution is -0.539. The first-order chi connectivity index (χ1) is 41.5. The van der Waals surface area contributed by atoms with Crippen LogP contribution in [-0.2, 0) is 56.8 Å². The molecule has 4 saturated heterocycles. The number of hydrogen-bond acceptors (Lipinski definition) is 40. The van der Waals surface area contributed by atoms with E-state index < -0.39 is 296 Å². The van der Waals surface area contributed by atoms with Crippen LogP contribution in [0.2, 0.25) is 0 Å². The van der Waals surface area contributed by atoms with Gasteiger partial charge < -0.3 is 200 Å². The smallest absolute Gasteiger partial charge is 0.218 e. The van der Waals surface area contributed by atoms with Crippen LogP contribution in [0.1, 0.15) is 25.7 Å². The minimum absolute atomic E-state index is 0.745. The molecule has 1 saturated carbocycles. The lowest BCUT2D eigenvalue weighted by Gasteiger charge is -2.72. The van der Waals surface area contributed by atoms with Crippen molar-refractivity contribution >= 4 is 0 Å². The average molecular weight is 1300 g/mol. The third-order valence-corrected chi connectivity index (χ3v) is 15.3. The molecule has 8 aliphatic heterocycles. The Morgan fingerprint density at radius 1 is 0.318 bits per heavy atom. The number of rotatable bonds is 12.